The molecule has 1 fully saturated rings. The van der Waals surface area contributed by atoms with Crippen molar-refractivity contribution in [1.29, 1.82) is 0 Å². The highest BCUT2D eigenvalue weighted by atomic mass is 32.1. The second-order valence-electron chi connectivity index (χ2n) is 5.82. The highest BCUT2D eigenvalue weighted by molar-refractivity contribution is 7.09. The Bertz CT molecular complexity index is 625. The van der Waals surface area contributed by atoms with Crippen LogP contribution >= 0.6 is 11.3 Å². The minimum Gasteiger partial charge on any atom is -0.393 e. The summed E-state index contributed by atoms with van der Waals surface area (Å²) in [6, 6.07) is 4.02. The highest BCUT2D eigenvalue weighted by Gasteiger charge is 2.28. The minimum absolute atomic E-state index is 0.142. The number of amides is 1. The molecule has 0 bridgehead atoms. The van der Waals surface area contributed by atoms with Gasteiger partial charge in [0.1, 0.15) is 0 Å². The van der Waals surface area contributed by atoms with Crippen molar-refractivity contribution in [2.24, 2.45) is 5.92 Å². The molecule has 0 aromatic carbocycles. The number of rotatable bonds is 5. The van der Waals surface area contributed by atoms with Crippen LogP contribution in [0.3, 0.4) is 0 Å². The highest BCUT2D eigenvalue weighted by Crippen LogP contribution is 2.26. The predicted octanol–water partition coefficient (Wildman–Crippen LogP) is 1.62. The van der Waals surface area contributed by atoms with E-state index in [1.54, 1.807) is 34.2 Å². The molecule has 2 heterocycles. The molecule has 1 aliphatic rings. The van der Waals surface area contributed by atoms with Crippen molar-refractivity contribution in [2.45, 2.75) is 31.9 Å². The molecule has 2 unspecified atom stereocenters. The van der Waals surface area contributed by atoms with Gasteiger partial charge in [0, 0.05) is 24.4 Å². The molecule has 0 radical (unpaired) electrons. The summed E-state index contributed by atoms with van der Waals surface area (Å²) < 4.78 is 1.68. The lowest BCUT2D eigenvalue weighted by Crippen LogP contribution is -2.34. The van der Waals surface area contributed by atoms with Crippen molar-refractivity contribution >= 4 is 17.2 Å². The summed E-state index contributed by atoms with van der Waals surface area (Å²) in [6.07, 6.45) is 4.24. The van der Waals surface area contributed by atoms with Crippen molar-refractivity contribution in [2.75, 3.05) is 13.6 Å². The largest absolute Gasteiger partial charge is 0.393 e. The average molecular weight is 320 g/mol. The Balaban J connectivity index is 1.60. The van der Waals surface area contributed by atoms with Crippen LogP contribution in [0.2, 0.25) is 0 Å². The summed E-state index contributed by atoms with van der Waals surface area (Å²) in [5.74, 6) is 0.0339. The summed E-state index contributed by atoms with van der Waals surface area (Å²) >= 11 is 1.65. The molecule has 2 atom stereocenters. The summed E-state index contributed by atoms with van der Waals surface area (Å²) in [5, 5.41) is 19.9. The molecule has 6 nitrogen and oxygen atoms in total. The van der Waals surface area contributed by atoms with Gasteiger partial charge >= 0.3 is 0 Å². The first-order valence-corrected chi connectivity index (χ1v) is 8.37. The Labute approximate surface area is 133 Å². The fraction of sp³-hybridized carbons (Fsp3) is 0.533. The molecule has 3 rings (SSSR count). The van der Waals surface area contributed by atoms with Gasteiger partial charge < -0.3 is 10.0 Å². The first-order chi connectivity index (χ1) is 10.6. The number of nitrogens with zero attached hydrogens (tertiary/aromatic N) is 4. The standard InChI is InChI=1S/C15H20N4O2S/c1-18(8-11-4-2-6-14(11)20)15(21)13-10-19(17-16-13)9-12-5-3-7-22-12/h3,5,7,10-11,14,20H,2,4,6,8-9H2,1H3. The smallest absolute Gasteiger partial charge is 0.275 e. The van der Waals surface area contributed by atoms with E-state index in [2.05, 4.69) is 10.3 Å². The van der Waals surface area contributed by atoms with E-state index in [4.69, 9.17) is 0 Å². The molecular weight excluding hydrogens is 300 g/mol. The number of aromatic nitrogens is 3. The number of hydrogen-bond acceptors (Lipinski definition) is 5. The Morgan fingerprint density at radius 2 is 2.41 bits per heavy atom. The molecule has 0 spiro atoms. The van der Waals surface area contributed by atoms with Crippen molar-refractivity contribution in [3.63, 3.8) is 0 Å². The zero-order chi connectivity index (χ0) is 15.5. The van der Waals surface area contributed by atoms with Crippen LogP contribution in [-0.2, 0) is 6.54 Å². The van der Waals surface area contributed by atoms with Gasteiger partial charge in [0.2, 0.25) is 0 Å². The third-order valence-corrected chi connectivity index (χ3v) is 4.99. The number of thiophene rings is 1. The number of carbonyl (C=O) groups is 1. The van der Waals surface area contributed by atoms with Crippen molar-refractivity contribution in [1.82, 2.24) is 19.9 Å². The molecule has 0 aliphatic heterocycles. The van der Waals surface area contributed by atoms with Crippen LogP contribution in [0.4, 0.5) is 0 Å². The molecule has 1 saturated carbocycles. The third kappa shape index (κ3) is 3.36. The summed E-state index contributed by atoms with van der Waals surface area (Å²) in [4.78, 5) is 15.2. The number of carbonyl (C=O) groups excluding carboxylic acids is 1. The number of aliphatic hydroxyl groups is 1. The molecule has 22 heavy (non-hydrogen) atoms. The Morgan fingerprint density at radius 3 is 3.09 bits per heavy atom. The monoisotopic (exact) mass is 320 g/mol. The van der Waals surface area contributed by atoms with E-state index in [1.807, 2.05) is 17.5 Å². The first kappa shape index (κ1) is 15.2. The van der Waals surface area contributed by atoms with E-state index < -0.39 is 0 Å². The average Bonchev–Trinajstić information content (AvgIpc) is 3.23. The zero-order valence-electron chi connectivity index (χ0n) is 12.6. The van der Waals surface area contributed by atoms with Gasteiger partial charge in [-0.25, -0.2) is 4.68 Å². The van der Waals surface area contributed by atoms with E-state index in [1.165, 1.54) is 4.88 Å². The molecular formula is C15H20N4O2S. The molecule has 118 valence electrons. The number of hydrogen-bond donors (Lipinski definition) is 1. The second kappa shape index (κ2) is 6.58. The van der Waals surface area contributed by atoms with Crippen LogP contribution < -0.4 is 0 Å². The molecule has 1 aliphatic carbocycles. The lowest BCUT2D eigenvalue weighted by Gasteiger charge is -2.22. The summed E-state index contributed by atoms with van der Waals surface area (Å²) in [5.41, 5.74) is 0.353. The Morgan fingerprint density at radius 1 is 1.55 bits per heavy atom. The van der Waals surface area contributed by atoms with Crippen LogP contribution in [0.15, 0.2) is 23.7 Å². The van der Waals surface area contributed by atoms with Crippen LogP contribution in [0, 0.1) is 5.92 Å². The molecule has 2 aromatic rings. The quantitative estimate of drug-likeness (QED) is 0.909. The van der Waals surface area contributed by atoms with Gasteiger partial charge in [0.25, 0.3) is 5.91 Å². The normalized spacial score (nSPS) is 21.2. The van der Waals surface area contributed by atoms with Crippen LogP contribution in [0.1, 0.15) is 34.6 Å². The predicted molar refractivity (Wildman–Crippen MR) is 83.8 cm³/mol. The molecule has 1 N–H and O–H groups in total. The van der Waals surface area contributed by atoms with Crippen LogP contribution in [-0.4, -0.2) is 50.6 Å². The van der Waals surface area contributed by atoms with Gasteiger partial charge in [-0.15, -0.1) is 16.4 Å². The maximum Gasteiger partial charge on any atom is 0.275 e. The van der Waals surface area contributed by atoms with Gasteiger partial charge in [0.05, 0.1) is 18.8 Å². The molecule has 7 heteroatoms. The van der Waals surface area contributed by atoms with Crippen molar-refractivity contribution in [3.8, 4) is 0 Å². The first-order valence-electron chi connectivity index (χ1n) is 7.49. The fourth-order valence-electron chi connectivity index (χ4n) is 2.90. The SMILES string of the molecule is CN(CC1CCCC1O)C(=O)c1cn(Cc2cccs2)nn1. The maximum atomic E-state index is 12.4. The zero-order valence-corrected chi connectivity index (χ0v) is 13.4. The van der Waals surface area contributed by atoms with E-state index >= 15 is 0 Å². The van der Waals surface area contributed by atoms with Crippen LogP contribution in [0.5, 0.6) is 0 Å². The van der Waals surface area contributed by atoms with E-state index in [0.29, 0.717) is 18.8 Å². The summed E-state index contributed by atoms with van der Waals surface area (Å²) in [7, 11) is 1.76. The fourth-order valence-corrected chi connectivity index (χ4v) is 3.59. The molecule has 1 amide bonds. The second-order valence-corrected chi connectivity index (χ2v) is 6.86. The Kier molecular flexibility index (Phi) is 4.54. The van der Waals surface area contributed by atoms with E-state index in [9.17, 15) is 9.90 Å². The van der Waals surface area contributed by atoms with Gasteiger partial charge in [-0.05, 0) is 24.3 Å². The van der Waals surface area contributed by atoms with Crippen molar-refractivity contribution in [3.05, 3.63) is 34.3 Å². The van der Waals surface area contributed by atoms with Gasteiger partial charge in [-0.1, -0.05) is 17.7 Å². The number of aliphatic hydroxyl groups excluding tert-OH is 1. The van der Waals surface area contributed by atoms with Crippen molar-refractivity contribution < 1.29 is 9.90 Å². The maximum absolute atomic E-state index is 12.4. The lowest BCUT2D eigenvalue weighted by atomic mass is 10.1. The van der Waals surface area contributed by atoms with Gasteiger partial charge in [-0.3, -0.25) is 4.79 Å². The lowest BCUT2D eigenvalue weighted by molar-refractivity contribution is 0.0688. The summed E-state index contributed by atoms with van der Waals surface area (Å²) in [6.45, 7) is 1.20. The molecule has 2 aromatic heterocycles. The molecule has 0 saturated heterocycles. The van der Waals surface area contributed by atoms with Crippen LogP contribution in [0.25, 0.3) is 0 Å². The Hall–Kier alpha value is -1.73. The van der Waals surface area contributed by atoms with Gasteiger partial charge in [0.15, 0.2) is 5.69 Å². The van der Waals surface area contributed by atoms with E-state index in [0.717, 1.165) is 19.3 Å². The minimum atomic E-state index is -0.287. The van der Waals surface area contributed by atoms with E-state index in [-0.39, 0.29) is 17.9 Å². The van der Waals surface area contributed by atoms with Gasteiger partial charge in [-0.2, -0.15) is 0 Å². The topological polar surface area (TPSA) is 71.2 Å². The third-order valence-electron chi connectivity index (χ3n) is 4.13.